The van der Waals surface area contributed by atoms with Crippen molar-refractivity contribution in [2.75, 3.05) is 13.7 Å². The molecule has 0 aliphatic heterocycles. The molecule has 0 saturated carbocycles. The zero-order chi connectivity index (χ0) is 15.7. The van der Waals surface area contributed by atoms with Gasteiger partial charge in [-0.05, 0) is 6.42 Å². The molecule has 1 aromatic heterocycles. The number of methoxy groups -OCH3 is 1. The highest BCUT2D eigenvalue weighted by Crippen LogP contribution is 2.40. The number of hydrogen-bond acceptors (Lipinski definition) is 3. The van der Waals surface area contributed by atoms with Crippen LogP contribution in [-0.4, -0.2) is 18.7 Å². The molecule has 0 aliphatic rings. The molecule has 0 fully saturated rings. The summed E-state index contributed by atoms with van der Waals surface area (Å²) in [5.74, 6) is 0.793. The lowest BCUT2D eigenvalue weighted by Gasteiger charge is -2.14. The Labute approximate surface area is 141 Å². The largest absolute Gasteiger partial charge is 0.481 e. The molecular formula is C15H22Cl3NO2. The van der Waals surface area contributed by atoms with Gasteiger partial charge in [0.15, 0.2) is 0 Å². The summed E-state index contributed by atoms with van der Waals surface area (Å²) in [6.07, 6.45) is 7.22. The second-order valence-corrected chi connectivity index (χ2v) is 7.13. The lowest BCUT2D eigenvalue weighted by Crippen LogP contribution is -2.05. The molecule has 21 heavy (non-hydrogen) atoms. The second kappa shape index (κ2) is 9.60. The van der Waals surface area contributed by atoms with Crippen LogP contribution in [-0.2, 0) is 3.79 Å². The fourth-order valence-corrected chi connectivity index (χ4v) is 2.21. The number of rotatable bonds is 9. The number of ether oxygens (including phenoxy) is 2. The summed E-state index contributed by atoms with van der Waals surface area (Å²) in [5, 5.41) is 0. The molecule has 0 aromatic carbocycles. The molecule has 0 atom stereocenters. The first-order valence-corrected chi connectivity index (χ1v) is 8.37. The van der Waals surface area contributed by atoms with Crippen molar-refractivity contribution in [3.8, 4) is 11.8 Å². The zero-order valence-corrected chi connectivity index (χ0v) is 14.8. The van der Waals surface area contributed by atoms with Gasteiger partial charge in [-0.25, -0.2) is 0 Å². The molecule has 1 heterocycles. The predicted molar refractivity (Wildman–Crippen MR) is 88.9 cm³/mol. The van der Waals surface area contributed by atoms with E-state index in [4.69, 9.17) is 44.3 Å². The molecule has 120 valence electrons. The third kappa shape index (κ3) is 7.44. The highest BCUT2D eigenvalue weighted by Gasteiger charge is 2.25. The van der Waals surface area contributed by atoms with Gasteiger partial charge in [-0.15, -0.1) is 0 Å². The minimum absolute atomic E-state index is 0.372. The highest BCUT2D eigenvalue weighted by atomic mass is 35.6. The van der Waals surface area contributed by atoms with E-state index in [9.17, 15) is 0 Å². The molecule has 0 spiro atoms. The Balaban J connectivity index is 2.47. The molecule has 0 aliphatic carbocycles. The van der Waals surface area contributed by atoms with Gasteiger partial charge in [-0.3, -0.25) is 0 Å². The van der Waals surface area contributed by atoms with Crippen LogP contribution in [0.15, 0.2) is 12.1 Å². The quantitative estimate of drug-likeness (QED) is 0.424. The van der Waals surface area contributed by atoms with Crippen molar-refractivity contribution >= 4 is 34.8 Å². The lowest BCUT2D eigenvalue weighted by atomic mass is 10.1. The van der Waals surface area contributed by atoms with Gasteiger partial charge in [-0.1, -0.05) is 73.8 Å². The number of halogens is 3. The maximum Gasteiger partial charge on any atom is 0.216 e. The third-order valence-corrected chi connectivity index (χ3v) is 3.72. The first kappa shape index (κ1) is 18.7. The maximum atomic E-state index is 5.88. The fraction of sp³-hybridized carbons (Fsp3) is 0.667. The van der Waals surface area contributed by atoms with Crippen LogP contribution in [0.5, 0.6) is 11.8 Å². The third-order valence-electron chi connectivity index (χ3n) is 3.06. The number of alkyl halides is 3. The van der Waals surface area contributed by atoms with Crippen LogP contribution < -0.4 is 9.47 Å². The molecule has 0 radical (unpaired) electrons. The number of aromatic nitrogens is 1. The summed E-state index contributed by atoms with van der Waals surface area (Å²) in [6.45, 7) is 2.81. The molecular weight excluding hydrogens is 333 g/mol. The average molecular weight is 355 g/mol. The Kier molecular flexibility index (Phi) is 8.53. The van der Waals surface area contributed by atoms with Crippen molar-refractivity contribution in [1.29, 1.82) is 0 Å². The van der Waals surface area contributed by atoms with Gasteiger partial charge in [0.25, 0.3) is 0 Å². The maximum absolute atomic E-state index is 5.88. The van der Waals surface area contributed by atoms with Crippen LogP contribution in [0.2, 0.25) is 0 Å². The zero-order valence-electron chi connectivity index (χ0n) is 12.5. The van der Waals surface area contributed by atoms with Crippen LogP contribution >= 0.6 is 34.8 Å². The first-order chi connectivity index (χ1) is 9.97. The van der Waals surface area contributed by atoms with Crippen LogP contribution in [0.3, 0.4) is 0 Å². The monoisotopic (exact) mass is 353 g/mol. The molecule has 3 nitrogen and oxygen atoms in total. The molecule has 0 bridgehead atoms. The van der Waals surface area contributed by atoms with Crippen molar-refractivity contribution in [2.24, 2.45) is 0 Å². The van der Waals surface area contributed by atoms with E-state index in [1.165, 1.54) is 32.8 Å². The minimum Gasteiger partial charge on any atom is -0.481 e. The van der Waals surface area contributed by atoms with E-state index in [1.54, 1.807) is 12.1 Å². The molecule has 0 saturated heterocycles. The van der Waals surface area contributed by atoms with Crippen molar-refractivity contribution in [2.45, 2.75) is 49.2 Å². The Morgan fingerprint density at radius 1 is 1.00 bits per heavy atom. The van der Waals surface area contributed by atoms with Gasteiger partial charge in [0.2, 0.25) is 15.6 Å². The predicted octanol–water partition coefficient (Wildman–Crippen LogP) is 5.66. The molecule has 0 unspecified atom stereocenters. The second-order valence-electron chi connectivity index (χ2n) is 4.85. The van der Waals surface area contributed by atoms with Gasteiger partial charge in [0.05, 0.1) is 13.7 Å². The Hall–Kier alpha value is -0.380. The summed E-state index contributed by atoms with van der Waals surface area (Å²) in [6, 6.07) is 3.22. The van der Waals surface area contributed by atoms with Crippen LogP contribution in [0.4, 0.5) is 0 Å². The van der Waals surface area contributed by atoms with Crippen molar-refractivity contribution < 1.29 is 9.47 Å². The number of hydrogen-bond donors (Lipinski definition) is 0. The summed E-state index contributed by atoms with van der Waals surface area (Å²) in [5.41, 5.74) is 0.484. The summed E-state index contributed by atoms with van der Waals surface area (Å²) < 4.78 is 9.20. The molecule has 0 N–H and O–H groups in total. The van der Waals surface area contributed by atoms with Gasteiger partial charge in [0.1, 0.15) is 0 Å². The van der Waals surface area contributed by atoms with E-state index in [0.29, 0.717) is 23.9 Å². The average Bonchev–Trinajstić information content (AvgIpc) is 2.45. The minimum atomic E-state index is -1.52. The summed E-state index contributed by atoms with van der Waals surface area (Å²) in [7, 11) is 1.52. The highest BCUT2D eigenvalue weighted by molar-refractivity contribution is 6.66. The van der Waals surface area contributed by atoms with E-state index in [1.807, 2.05) is 0 Å². The van der Waals surface area contributed by atoms with Crippen molar-refractivity contribution in [3.05, 3.63) is 17.7 Å². The van der Waals surface area contributed by atoms with Crippen molar-refractivity contribution in [3.63, 3.8) is 0 Å². The Morgan fingerprint density at radius 3 is 2.24 bits per heavy atom. The molecule has 1 aromatic rings. The van der Waals surface area contributed by atoms with E-state index < -0.39 is 3.79 Å². The van der Waals surface area contributed by atoms with Crippen molar-refractivity contribution in [1.82, 2.24) is 4.98 Å². The Bertz CT molecular complexity index is 422. The van der Waals surface area contributed by atoms with Crippen LogP contribution in [0.1, 0.15) is 51.0 Å². The molecule has 0 amide bonds. The molecule has 1 rings (SSSR count). The fourth-order valence-electron chi connectivity index (χ4n) is 1.88. The molecule has 6 heteroatoms. The number of nitrogens with zero attached hydrogens (tertiary/aromatic N) is 1. The number of unbranched alkanes of at least 4 members (excludes halogenated alkanes) is 5. The first-order valence-electron chi connectivity index (χ1n) is 7.23. The van der Waals surface area contributed by atoms with Gasteiger partial charge in [-0.2, -0.15) is 4.98 Å². The van der Waals surface area contributed by atoms with E-state index in [2.05, 4.69) is 11.9 Å². The lowest BCUT2D eigenvalue weighted by molar-refractivity contribution is 0.286. The Morgan fingerprint density at radius 2 is 1.62 bits per heavy atom. The topological polar surface area (TPSA) is 31.4 Å². The normalized spacial score (nSPS) is 11.5. The number of pyridine rings is 1. The standard InChI is InChI=1S/C15H22Cl3NO2/c1-3-4-5-6-7-8-9-21-14-11-12(15(16,17)18)10-13(19-14)20-2/h10-11H,3-9H2,1-2H3. The van der Waals surface area contributed by atoms with Crippen LogP contribution in [0.25, 0.3) is 0 Å². The SMILES string of the molecule is CCCCCCCCOc1cc(C(Cl)(Cl)Cl)cc(OC)n1. The van der Waals surface area contributed by atoms with Gasteiger partial charge in [0, 0.05) is 17.7 Å². The van der Waals surface area contributed by atoms with E-state index >= 15 is 0 Å². The van der Waals surface area contributed by atoms with E-state index in [-0.39, 0.29) is 0 Å². The van der Waals surface area contributed by atoms with Crippen LogP contribution in [0, 0.1) is 0 Å². The van der Waals surface area contributed by atoms with E-state index in [0.717, 1.165) is 12.8 Å². The smallest absolute Gasteiger partial charge is 0.216 e. The van der Waals surface area contributed by atoms with Gasteiger partial charge < -0.3 is 9.47 Å². The summed E-state index contributed by atoms with van der Waals surface area (Å²) in [4.78, 5) is 4.19. The summed E-state index contributed by atoms with van der Waals surface area (Å²) >= 11 is 17.7. The van der Waals surface area contributed by atoms with Gasteiger partial charge >= 0.3 is 0 Å².